The molecule has 1 fully saturated rings. The highest BCUT2D eigenvalue weighted by Crippen LogP contribution is 2.33. The minimum atomic E-state index is -1.17. The molecule has 0 spiro atoms. The molecule has 19 heavy (non-hydrogen) atoms. The third kappa shape index (κ3) is 6.22. The van der Waals surface area contributed by atoms with Crippen molar-refractivity contribution in [2.24, 2.45) is 11.3 Å². The van der Waals surface area contributed by atoms with Gasteiger partial charge < -0.3 is 10.4 Å². The first-order chi connectivity index (χ1) is 8.81. The average Bonchev–Trinajstić information content (AvgIpc) is 3.06. The van der Waals surface area contributed by atoms with Crippen LogP contribution >= 0.6 is 0 Å². The van der Waals surface area contributed by atoms with Crippen molar-refractivity contribution in [3.05, 3.63) is 0 Å². The van der Waals surface area contributed by atoms with E-state index in [0.717, 1.165) is 18.8 Å². The van der Waals surface area contributed by atoms with Crippen molar-refractivity contribution in [3.8, 4) is 0 Å². The molecule has 1 aliphatic carbocycles. The lowest BCUT2D eigenvalue weighted by Crippen LogP contribution is -2.42. The molecule has 1 saturated carbocycles. The Bertz CT molecular complexity index is 362. The second-order valence-corrected chi connectivity index (χ2v) is 5.76. The average molecular weight is 270 g/mol. The second-order valence-electron chi connectivity index (χ2n) is 5.76. The quantitative estimate of drug-likeness (QED) is 0.611. The third-order valence-corrected chi connectivity index (χ3v) is 3.21. The highest BCUT2D eigenvalue weighted by atomic mass is 16.4. The number of carboxylic acids is 1. The zero-order valence-corrected chi connectivity index (χ0v) is 11.5. The molecular formula is C13H22N2O4. The normalized spacial score (nSPS) is 14.8. The Labute approximate surface area is 112 Å². The van der Waals surface area contributed by atoms with Crippen molar-refractivity contribution >= 4 is 17.9 Å². The molecule has 0 aromatic heterocycles. The summed E-state index contributed by atoms with van der Waals surface area (Å²) in [7, 11) is 0. The predicted molar refractivity (Wildman–Crippen MR) is 69.5 cm³/mol. The van der Waals surface area contributed by atoms with Crippen LogP contribution in [-0.2, 0) is 9.59 Å². The van der Waals surface area contributed by atoms with Crippen LogP contribution in [0.1, 0.15) is 46.0 Å². The van der Waals surface area contributed by atoms with Crippen LogP contribution in [0.25, 0.3) is 0 Å². The van der Waals surface area contributed by atoms with E-state index in [4.69, 9.17) is 5.11 Å². The maximum atomic E-state index is 11.5. The number of aliphatic carboxylic acids is 1. The lowest BCUT2D eigenvalue weighted by Gasteiger charge is -2.17. The van der Waals surface area contributed by atoms with Gasteiger partial charge in [-0.1, -0.05) is 12.8 Å². The molecule has 0 saturated heterocycles. The fraction of sp³-hybridized carbons (Fsp3) is 0.769. The third-order valence-electron chi connectivity index (χ3n) is 3.21. The number of hydrogen-bond donors (Lipinski definition) is 3. The number of rotatable bonds is 7. The number of carbonyl (C=O) groups excluding carboxylic acids is 2. The van der Waals surface area contributed by atoms with Gasteiger partial charge in [-0.25, -0.2) is 4.79 Å². The maximum Gasteiger partial charge on any atom is 0.321 e. The molecule has 0 unspecified atom stereocenters. The van der Waals surface area contributed by atoms with Crippen LogP contribution in [0.5, 0.6) is 0 Å². The van der Waals surface area contributed by atoms with Gasteiger partial charge in [0.15, 0.2) is 0 Å². The van der Waals surface area contributed by atoms with Crippen LogP contribution in [-0.4, -0.2) is 29.6 Å². The molecule has 1 aliphatic rings. The first-order valence-corrected chi connectivity index (χ1v) is 6.62. The number of urea groups is 1. The standard InChI is InChI=1S/C13H22N2O4/c1-13(2,11(17)18)8-10(16)15-12(19)14-7-3-4-9-5-6-9/h9H,3-8H2,1-2H3,(H,17,18)(H2,14,15,16,19). The van der Waals surface area contributed by atoms with Gasteiger partial charge in [-0.2, -0.15) is 0 Å². The molecule has 3 N–H and O–H groups in total. The SMILES string of the molecule is CC(C)(CC(=O)NC(=O)NCCCC1CC1)C(=O)O. The highest BCUT2D eigenvalue weighted by Gasteiger charge is 2.30. The van der Waals surface area contributed by atoms with E-state index in [1.165, 1.54) is 26.7 Å². The first kappa shape index (κ1) is 15.5. The number of nitrogens with one attached hydrogen (secondary N) is 2. The van der Waals surface area contributed by atoms with E-state index in [0.29, 0.717) is 6.54 Å². The van der Waals surface area contributed by atoms with Gasteiger partial charge in [0.2, 0.25) is 5.91 Å². The molecule has 0 bridgehead atoms. The molecule has 3 amide bonds. The summed E-state index contributed by atoms with van der Waals surface area (Å²) in [6.45, 7) is 3.43. The van der Waals surface area contributed by atoms with E-state index < -0.39 is 23.3 Å². The van der Waals surface area contributed by atoms with E-state index in [-0.39, 0.29) is 6.42 Å². The van der Waals surface area contributed by atoms with E-state index in [9.17, 15) is 14.4 Å². The van der Waals surface area contributed by atoms with Crippen molar-refractivity contribution in [2.45, 2.75) is 46.0 Å². The summed E-state index contributed by atoms with van der Waals surface area (Å²) in [5.74, 6) is -0.817. The summed E-state index contributed by atoms with van der Waals surface area (Å²) in [6.07, 6.45) is 4.37. The van der Waals surface area contributed by atoms with Crippen LogP contribution in [0, 0.1) is 11.3 Å². The zero-order valence-electron chi connectivity index (χ0n) is 11.5. The lowest BCUT2D eigenvalue weighted by atomic mass is 9.89. The lowest BCUT2D eigenvalue weighted by molar-refractivity contribution is -0.149. The van der Waals surface area contributed by atoms with Crippen LogP contribution in [0.15, 0.2) is 0 Å². The Hall–Kier alpha value is -1.59. The summed E-state index contributed by atoms with van der Waals surface area (Å²) in [5.41, 5.74) is -1.17. The Morgan fingerprint density at radius 1 is 1.26 bits per heavy atom. The molecule has 0 radical (unpaired) electrons. The number of carbonyl (C=O) groups is 3. The number of amides is 3. The smallest absolute Gasteiger partial charge is 0.321 e. The molecule has 0 aliphatic heterocycles. The molecule has 6 nitrogen and oxygen atoms in total. The van der Waals surface area contributed by atoms with E-state index >= 15 is 0 Å². The second kappa shape index (κ2) is 6.54. The Balaban J connectivity index is 2.15. The van der Waals surface area contributed by atoms with Gasteiger partial charge in [-0.05, 0) is 32.6 Å². The summed E-state index contributed by atoms with van der Waals surface area (Å²) in [5, 5.41) is 13.6. The van der Waals surface area contributed by atoms with Gasteiger partial charge in [-0.3, -0.25) is 14.9 Å². The molecule has 0 heterocycles. The van der Waals surface area contributed by atoms with E-state index in [1.54, 1.807) is 0 Å². The Kier molecular flexibility index (Phi) is 5.32. The molecule has 1 rings (SSSR count). The predicted octanol–water partition coefficient (Wildman–Crippen LogP) is 1.50. The van der Waals surface area contributed by atoms with Gasteiger partial charge in [0.05, 0.1) is 5.41 Å². The van der Waals surface area contributed by atoms with E-state index in [2.05, 4.69) is 10.6 Å². The minimum Gasteiger partial charge on any atom is -0.481 e. The largest absolute Gasteiger partial charge is 0.481 e. The molecule has 0 aromatic rings. The molecule has 6 heteroatoms. The fourth-order valence-electron chi connectivity index (χ4n) is 1.69. The van der Waals surface area contributed by atoms with Gasteiger partial charge in [-0.15, -0.1) is 0 Å². The maximum absolute atomic E-state index is 11.5. The topological polar surface area (TPSA) is 95.5 Å². The highest BCUT2D eigenvalue weighted by molar-refractivity contribution is 5.96. The number of hydrogen-bond acceptors (Lipinski definition) is 3. The van der Waals surface area contributed by atoms with Crippen LogP contribution < -0.4 is 10.6 Å². The summed E-state index contributed by atoms with van der Waals surface area (Å²) in [6, 6.07) is -0.554. The van der Waals surface area contributed by atoms with Gasteiger partial charge in [0.25, 0.3) is 0 Å². The van der Waals surface area contributed by atoms with Crippen molar-refractivity contribution in [1.29, 1.82) is 0 Å². The Morgan fingerprint density at radius 2 is 1.89 bits per heavy atom. The van der Waals surface area contributed by atoms with Crippen LogP contribution in [0.4, 0.5) is 4.79 Å². The summed E-state index contributed by atoms with van der Waals surface area (Å²) < 4.78 is 0. The molecular weight excluding hydrogens is 248 g/mol. The molecule has 108 valence electrons. The minimum absolute atomic E-state index is 0.224. The summed E-state index contributed by atoms with van der Waals surface area (Å²) in [4.78, 5) is 33.7. The van der Waals surface area contributed by atoms with E-state index in [1.807, 2.05) is 0 Å². The van der Waals surface area contributed by atoms with Gasteiger partial charge in [0.1, 0.15) is 0 Å². The van der Waals surface area contributed by atoms with Crippen molar-refractivity contribution in [2.75, 3.05) is 6.54 Å². The number of imide groups is 1. The van der Waals surface area contributed by atoms with Crippen LogP contribution in [0.3, 0.4) is 0 Å². The number of carboxylic acid groups (broad SMARTS) is 1. The monoisotopic (exact) mass is 270 g/mol. The van der Waals surface area contributed by atoms with Crippen LogP contribution in [0.2, 0.25) is 0 Å². The van der Waals surface area contributed by atoms with Gasteiger partial charge in [0, 0.05) is 13.0 Å². The fourth-order valence-corrected chi connectivity index (χ4v) is 1.69. The Morgan fingerprint density at radius 3 is 2.42 bits per heavy atom. The zero-order chi connectivity index (χ0) is 14.5. The van der Waals surface area contributed by atoms with Crippen molar-refractivity contribution < 1.29 is 19.5 Å². The van der Waals surface area contributed by atoms with Crippen molar-refractivity contribution in [3.63, 3.8) is 0 Å². The summed E-state index contributed by atoms with van der Waals surface area (Å²) >= 11 is 0. The first-order valence-electron chi connectivity index (χ1n) is 6.62. The molecule has 0 aromatic carbocycles. The van der Waals surface area contributed by atoms with Crippen molar-refractivity contribution in [1.82, 2.24) is 10.6 Å². The molecule has 0 atom stereocenters. The van der Waals surface area contributed by atoms with Gasteiger partial charge >= 0.3 is 12.0 Å².